The summed E-state index contributed by atoms with van der Waals surface area (Å²) in [5, 5.41) is 10.3. The van der Waals surface area contributed by atoms with Gasteiger partial charge < -0.3 is 16.0 Å². The van der Waals surface area contributed by atoms with Crippen molar-refractivity contribution in [3.05, 3.63) is 89.7 Å². The summed E-state index contributed by atoms with van der Waals surface area (Å²) >= 11 is 0. The van der Waals surface area contributed by atoms with Gasteiger partial charge in [0.1, 0.15) is 11.6 Å². The Morgan fingerprint density at radius 2 is 1.66 bits per heavy atom. The van der Waals surface area contributed by atoms with Crippen LogP contribution in [0.1, 0.15) is 29.3 Å². The van der Waals surface area contributed by atoms with Crippen molar-refractivity contribution in [3.63, 3.8) is 0 Å². The maximum absolute atomic E-state index is 13.0. The fourth-order valence-electron chi connectivity index (χ4n) is 3.22. The summed E-state index contributed by atoms with van der Waals surface area (Å²) < 4.78 is 13.0. The van der Waals surface area contributed by atoms with E-state index in [-0.39, 0.29) is 11.7 Å². The number of amides is 1. The van der Waals surface area contributed by atoms with E-state index in [1.807, 2.05) is 36.4 Å². The van der Waals surface area contributed by atoms with Crippen LogP contribution in [0.4, 0.5) is 21.8 Å². The second-order valence-electron chi connectivity index (χ2n) is 7.35. The Labute approximate surface area is 185 Å². The highest BCUT2D eigenvalue weighted by Crippen LogP contribution is 2.22. The molecule has 4 rings (SSSR count). The highest BCUT2D eigenvalue weighted by Gasteiger charge is 2.09. The van der Waals surface area contributed by atoms with Crippen LogP contribution in [0, 0.1) is 5.82 Å². The number of hydrogen-bond acceptors (Lipinski definition) is 5. The number of rotatable bonds is 8. The predicted molar refractivity (Wildman–Crippen MR) is 126 cm³/mol. The van der Waals surface area contributed by atoms with Crippen molar-refractivity contribution in [2.75, 3.05) is 22.5 Å². The lowest BCUT2D eigenvalue weighted by atomic mass is 10.1. The molecule has 3 N–H and O–H groups in total. The molecule has 32 heavy (non-hydrogen) atoms. The van der Waals surface area contributed by atoms with Gasteiger partial charge in [0.15, 0.2) is 0 Å². The van der Waals surface area contributed by atoms with Crippen LogP contribution in [-0.2, 0) is 6.54 Å². The molecule has 6 nitrogen and oxygen atoms in total. The average Bonchev–Trinajstić information content (AvgIpc) is 2.83. The third kappa shape index (κ3) is 5.18. The van der Waals surface area contributed by atoms with Gasteiger partial charge in [-0.2, -0.15) is 4.98 Å². The number of nitrogens with zero attached hydrogens (tertiary/aromatic N) is 2. The Morgan fingerprint density at radius 3 is 2.41 bits per heavy atom. The van der Waals surface area contributed by atoms with E-state index in [0.717, 1.165) is 35.2 Å². The number of aromatic nitrogens is 2. The lowest BCUT2D eigenvalue weighted by Gasteiger charge is -2.12. The van der Waals surface area contributed by atoms with Gasteiger partial charge in [0.2, 0.25) is 5.95 Å². The maximum atomic E-state index is 13.0. The van der Waals surface area contributed by atoms with Crippen molar-refractivity contribution in [1.82, 2.24) is 9.97 Å². The third-order valence-electron chi connectivity index (χ3n) is 4.91. The molecule has 0 aliphatic heterocycles. The smallest absolute Gasteiger partial charge is 0.255 e. The normalized spacial score (nSPS) is 10.7. The summed E-state index contributed by atoms with van der Waals surface area (Å²) in [4.78, 5) is 21.6. The SMILES string of the molecule is CCCNc1nc(NCc2ccc(C(=O)Nc3ccc(F)cc3)cc2)c2ccccc2n1. The van der Waals surface area contributed by atoms with Crippen LogP contribution >= 0.6 is 0 Å². The Hall–Kier alpha value is -4.00. The Morgan fingerprint density at radius 1 is 0.906 bits per heavy atom. The molecule has 0 saturated heterocycles. The summed E-state index contributed by atoms with van der Waals surface area (Å²) in [7, 11) is 0. The number of fused-ring (bicyclic) bond motifs is 1. The molecular formula is C25H24FN5O. The van der Waals surface area contributed by atoms with Gasteiger partial charge in [0, 0.05) is 29.7 Å². The van der Waals surface area contributed by atoms with Gasteiger partial charge in [-0.05, 0) is 60.5 Å². The van der Waals surface area contributed by atoms with E-state index in [1.54, 1.807) is 12.1 Å². The molecule has 0 unspecified atom stereocenters. The number of hydrogen-bond donors (Lipinski definition) is 3. The average molecular weight is 429 g/mol. The minimum Gasteiger partial charge on any atom is -0.365 e. The van der Waals surface area contributed by atoms with E-state index >= 15 is 0 Å². The molecule has 0 aliphatic rings. The highest BCUT2D eigenvalue weighted by atomic mass is 19.1. The van der Waals surface area contributed by atoms with Crippen molar-refractivity contribution >= 4 is 34.3 Å². The first-order chi connectivity index (χ1) is 15.6. The van der Waals surface area contributed by atoms with E-state index in [0.29, 0.717) is 23.7 Å². The van der Waals surface area contributed by atoms with Crippen LogP contribution < -0.4 is 16.0 Å². The molecular weight excluding hydrogens is 405 g/mol. The maximum Gasteiger partial charge on any atom is 0.255 e. The first kappa shape index (κ1) is 21.2. The Kier molecular flexibility index (Phi) is 6.55. The van der Waals surface area contributed by atoms with Crippen molar-refractivity contribution < 1.29 is 9.18 Å². The van der Waals surface area contributed by atoms with Crippen molar-refractivity contribution in [2.24, 2.45) is 0 Å². The Bertz CT molecular complexity index is 1210. The van der Waals surface area contributed by atoms with Crippen molar-refractivity contribution in [1.29, 1.82) is 0 Å². The molecule has 7 heteroatoms. The van der Waals surface area contributed by atoms with Gasteiger partial charge >= 0.3 is 0 Å². The number of carbonyl (C=O) groups excluding carboxylic acids is 1. The Balaban J connectivity index is 1.44. The number of anilines is 3. The number of benzene rings is 3. The molecule has 1 aromatic heterocycles. The van der Waals surface area contributed by atoms with Crippen molar-refractivity contribution in [2.45, 2.75) is 19.9 Å². The van der Waals surface area contributed by atoms with Gasteiger partial charge in [-0.3, -0.25) is 4.79 Å². The van der Waals surface area contributed by atoms with Crippen molar-refractivity contribution in [3.8, 4) is 0 Å². The minimum atomic E-state index is -0.343. The summed E-state index contributed by atoms with van der Waals surface area (Å²) in [5.74, 6) is 0.766. The zero-order valence-electron chi connectivity index (χ0n) is 17.7. The van der Waals surface area contributed by atoms with E-state index in [1.165, 1.54) is 24.3 Å². The fraction of sp³-hybridized carbons (Fsp3) is 0.160. The zero-order chi connectivity index (χ0) is 22.3. The van der Waals surface area contributed by atoms with Gasteiger partial charge in [-0.15, -0.1) is 0 Å². The standard InChI is InChI=1S/C25H24FN5O/c1-2-15-27-25-30-22-6-4-3-5-21(22)23(31-25)28-16-17-7-9-18(10-8-17)24(32)29-20-13-11-19(26)12-14-20/h3-14H,2,15-16H2,1H3,(H,29,32)(H2,27,28,30,31). The molecule has 3 aromatic carbocycles. The lowest BCUT2D eigenvalue weighted by molar-refractivity contribution is 0.102. The van der Waals surface area contributed by atoms with Gasteiger partial charge in [0.05, 0.1) is 5.52 Å². The van der Waals surface area contributed by atoms with Crippen LogP contribution in [0.15, 0.2) is 72.8 Å². The second kappa shape index (κ2) is 9.87. The van der Waals surface area contributed by atoms with E-state index in [2.05, 4.69) is 32.8 Å². The number of para-hydroxylation sites is 1. The van der Waals surface area contributed by atoms with Crippen LogP contribution in [0.2, 0.25) is 0 Å². The van der Waals surface area contributed by atoms with Crippen LogP contribution in [-0.4, -0.2) is 22.4 Å². The number of halogens is 1. The summed E-state index contributed by atoms with van der Waals surface area (Å²) in [6.07, 6.45) is 0.986. The van der Waals surface area contributed by atoms with Gasteiger partial charge in [-0.1, -0.05) is 31.2 Å². The zero-order valence-corrected chi connectivity index (χ0v) is 17.7. The molecule has 0 saturated carbocycles. The molecule has 1 amide bonds. The molecule has 4 aromatic rings. The highest BCUT2D eigenvalue weighted by molar-refractivity contribution is 6.04. The quantitative estimate of drug-likeness (QED) is 0.347. The molecule has 1 heterocycles. The molecule has 0 atom stereocenters. The molecule has 162 valence electrons. The summed E-state index contributed by atoms with van der Waals surface area (Å²) in [6.45, 7) is 3.45. The summed E-state index contributed by atoms with van der Waals surface area (Å²) in [6, 6.07) is 20.9. The fourth-order valence-corrected chi connectivity index (χ4v) is 3.22. The molecule has 0 fully saturated rings. The second-order valence-corrected chi connectivity index (χ2v) is 7.35. The van der Waals surface area contributed by atoms with E-state index in [9.17, 15) is 9.18 Å². The molecule has 0 aliphatic carbocycles. The van der Waals surface area contributed by atoms with Gasteiger partial charge in [-0.25, -0.2) is 9.37 Å². The molecule has 0 bridgehead atoms. The predicted octanol–water partition coefficient (Wildman–Crippen LogP) is 5.46. The summed E-state index contributed by atoms with van der Waals surface area (Å²) in [5.41, 5.74) is 2.95. The van der Waals surface area contributed by atoms with Crippen LogP contribution in [0.5, 0.6) is 0 Å². The van der Waals surface area contributed by atoms with E-state index < -0.39 is 0 Å². The van der Waals surface area contributed by atoms with E-state index in [4.69, 9.17) is 0 Å². The number of nitrogens with one attached hydrogen (secondary N) is 3. The topological polar surface area (TPSA) is 78.9 Å². The number of carbonyl (C=O) groups is 1. The molecule has 0 spiro atoms. The van der Waals surface area contributed by atoms with Crippen LogP contribution in [0.3, 0.4) is 0 Å². The lowest BCUT2D eigenvalue weighted by Crippen LogP contribution is -2.12. The first-order valence-corrected chi connectivity index (χ1v) is 10.5. The molecule has 0 radical (unpaired) electrons. The monoisotopic (exact) mass is 429 g/mol. The van der Waals surface area contributed by atoms with Crippen LogP contribution in [0.25, 0.3) is 10.9 Å². The largest absolute Gasteiger partial charge is 0.365 e. The first-order valence-electron chi connectivity index (χ1n) is 10.5. The minimum absolute atomic E-state index is 0.246. The third-order valence-corrected chi connectivity index (χ3v) is 4.91. The van der Waals surface area contributed by atoms with Gasteiger partial charge in [0.25, 0.3) is 5.91 Å².